The van der Waals surface area contributed by atoms with E-state index in [0.717, 1.165) is 25.7 Å². The molecule has 0 heterocycles. The molecular formula is C26H51FO10. The Bertz CT molecular complexity index is 459. The van der Waals surface area contributed by atoms with Gasteiger partial charge in [-0.2, -0.15) is 0 Å². The van der Waals surface area contributed by atoms with Crippen LogP contribution in [-0.4, -0.2) is 125 Å². The van der Waals surface area contributed by atoms with Crippen LogP contribution in [0.2, 0.25) is 0 Å². The summed E-state index contributed by atoms with van der Waals surface area (Å²) in [5.74, 6) is -0.124. The van der Waals surface area contributed by atoms with Gasteiger partial charge >= 0.3 is 5.97 Å². The number of carbonyl (C=O) groups is 1. The van der Waals surface area contributed by atoms with E-state index in [9.17, 15) is 9.18 Å². The van der Waals surface area contributed by atoms with Crippen molar-refractivity contribution in [3.05, 3.63) is 0 Å². The Balaban J connectivity index is 3.16. The molecule has 0 aliphatic heterocycles. The second-order valence-electron chi connectivity index (χ2n) is 8.00. The van der Waals surface area contributed by atoms with Crippen molar-refractivity contribution in [2.45, 2.75) is 39.5 Å². The lowest BCUT2D eigenvalue weighted by atomic mass is 10.00. The molecule has 0 aromatic heterocycles. The Morgan fingerprint density at radius 3 is 1.16 bits per heavy atom. The molecule has 0 rings (SSSR count). The maximum absolute atomic E-state index is 12.0. The molecule has 1 unspecified atom stereocenters. The molecule has 10 nitrogen and oxygen atoms in total. The van der Waals surface area contributed by atoms with Crippen LogP contribution in [0.1, 0.15) is 39.5 Å². The molecule has 0 spiro atoms. The normalized spacial score (nSPS) is 12.2. The monoisotopic (exact) mass is 542 g/mol. The van der Waals surface area contributed by atoms with Gasteiger partial charge in [0.25, 0.3) is 0 Å². The molecule has 0 radical (unpaired) electrons. The second-order valence-corrected chi connectivity index (χ2v) is 8.00. The first kappa shape index (κ1) is 36.1. The first-order valence-corrected chi connectivity index (χ1v) is 13.6. The van der Waals surface area contributed by atoms with Gasteiger partial charge in [-0.3, -0.25) is 4.79 Å². The largest absolute Gasteiger partial charge is 0.463 e. The number of rotatable bonds is 31. The highest BCUT2D eigenvalue weighted by Gasteiger charge is 2.16. The highest BCUT2D eigenvalue weighted by Crippen LogP contribution is 2.14. The number of ether oxygens (including phenoxy) is 9. The van der Waals surface area contributed by atoms with E-state index in [1.54, 1.807) is 0 Å². The van der Waals surface area contributed by atoms with Crippen LogP contribution in [0.25, 0.3) is 0 Å². The summed E-state index contributed by atoms with van der Waals surface area (Å²) in [6.07, 6.45) is 3.83. The number of carbonyl (C=O) groups excluding carboxylic acids is 1. The molecule has 0 fully saturated rings. The van der Waals surface area contributed by atoms with E-state index < -0.39 is 6.67 Å². The minimum atomic E-state index is -0.475. The highest BCUT2D eigenvalue weighted by molar-refractivity contribution is 5.72. The molecule has 0 aliphatic carbocycles. The Morgan fingerprint density at radius 2 is 0.865 bits per heavy atom. The van der Waals surface area contributed by atoms with Crippen molar-refractivity contribution < 1.29 is 51.8 Å². The molecular weight excluding hydrogens is 491 g/mol. The molecule has 0 aromatic rings. The van der Waals surface area contributed by atoms with Gasteiger partial charge < -0.3 is 42.6 Å². The Kier molecular flexibility index (Phi) is 30.5. The molecule has 0 saturated carbocycles. The van der Waals surface area contributed by atoms with Crippen LogP contribution in [0.4, 0.5) is 4.39 Å². The molecule has 0 N–H and O–H groups in total. The van der Waals surface area contributed by atoms with Gasteiger partial charge in [-0.1, -0.05) is 26.7 Å². The summed E-state index contributed by atoms with van der Waals surface area (Å²) in [4.78, 5) is 12.0. The summed E-state index contributed by atoms with van der Waals surface area (Å²) in [5, 5.41) is 0. The summed E-state index contributed by atoms with van der Waals surface area (Å²) in [5.41, 5.74) is 0. The Hall–Kier alpha value is -0.920. The van der Waals surface area contributed by atoms with Crippen LogP contribution in [0.15, 0.2) is 0 Å². The molecule has 0 aromatic carbocycles. The van der Waals surface area contributed by atoms with E-state index in [4.69, 9.17) is 42.6 Å². The number of esters is 1. The number of alkyl halides is 1. The van der Waals surface area contributed by atoms with Gasteiger partial charge in [-0.15, -0.1) is 0 Å². The molecule has 0 saturated heterocycles. The minimum absolute atomic E-state index is 0.00239. The fourth-order valence-electron chi connectivity index (χ4n) is 2.95. The first-order valence-electron chi connectivity index (χ1n) is 13.6. The lowest BCUT2D eigenvalue weighted by molar-refractivity contribution is -0.150. The lowest BCUT2D eigenvalue weighted by Gasteiger charge is -2.13. The summed E-state index contributed by atoms with van der Waals surface area (Å²) in [6.45, 7) is 11.0. The topological polar surface area (TPSA) is 100 Å². The summed E-state index contributed by atoms with van der Waals surface area (Å²) < 4.78 is 59.8. The molecule has 0 aliphatic rings. The van der Waals surface area contributed by atoms with Gasteiger partial charge in [-0.05, 0) is 12.8 Å². The van der Waals surface area contributed by atoms with Crippen molar-refractivity contribution >= 4 is 5.97 Å². The predicted molar refractivity (Wildman–Crippen MR) is 137 cm³/mol. The first-order chi connectivity index (χ1) is 18.3. The number of hydrogen-bond acceptors (Lipinski definition) is 10. The molecule has 0 bridgehead atoms. The van der Waals surface area contributed by atoms with Crippen LogP contribution in [-0.2, 0) is 47.4 Å². The molecule has 11 heteroatoms. The number of halogens is 1. The smallest absolute Gasteiger partial charge is 0.308 e. The number of hydrogen-bond donors (Lipinski definition) is 0. The lowest BCUT2D eigenvalue weighted by Crippen LogP contribution is -2.20. The van der Waals surface area contributed by atoms with Crippen LogP contribution >= 0.6 is 0 Å². The predicted octanol–water partition coefficient (Wildman–Crippen LogP) is 2.85. The summed E-state index contributed by atoms with van der Waals surface area (Å²) >= 11 is 0. The summed E-state index contributed by atoms with van der Waals surface area (Å²) in [6, 6.07) is 0. The zero-order valence-corrected chi connectivity index (χ0v) is 23.1. The minimum Gasteiger partial charge on any atom is -0.463 e. The van der Waals surface area contributed by atoms with Crippen LogP contribution < -0.4 is 0 Å². The molecule has 37 heavy (non-hydrogen) atoms. The van der Waals surface area contributed by atoms with Crippen molar-refractivity contribution in [1.82, 2.24) is 0 Å². The van der Waals surface area contributed by atoms with Gasteiger partial charge in [0.05, 0.1) is 112 Å². The average molecular weight is 543 g/mol. The van der Waals surface area contributed by atoms with E-state index in [-0.39, 0.29) is 25.1 Å². The third-order valence-corrected chi connectivity index (χ3v) is 5.03. The fraction of sp³-hybridized carbons (Fsp3) is 0.962. The van der Waals surface area contributed by atoms with E-state index >= 15 is 0 Å². The molecule has 1 atom stereocenters. The van der Waals surface area contributed by atoms with Crippen LogP contribution in [0.5, 0.6) is 0 Å². The zero-order valence-electron chi connectivity index (χ0n) is 23.1. The van der Waals surface area contributed by atoms with Crippen LogP contribution in [0.3, 0.4) is 0 Å². The van der Waals surface area contributed by atoms with Gasteiger partial charge in [-0.25, -0.2) is 4.39 Å². The SMILES string of the molecule is CCCCC(CC)C(=O)OCCOCCOCCOCCOCCOCCOCCOCCOCCF. The third kappa shape index (κ3) is 27.9. The molecule has 0 amide bonds. The van der Waals surface area contributed by atoms with E-state index in [2.05, 4.69) is 6.92 Å². The van der Waals surface area contributed by atoms with Crippen molar-refractivity contribution in [3.63, 3.8) is 0 Å². The Labute approximate surface area is 222 Å². The molecule has 222 valence electrons. The van der Waals surface area contributed by atoms with Crippen molar-refractivity contribution in [3.8, 4) is 0 Å². The van der Waals surface area contributed by atoms with Gasteiger partial charge in [0, 0.05) is 0 Å². The zero-order chi connectivity index (χ0) is 27.1. The van der Waals surface area contributed by atoms with Gasteiger partial charge in [0.1, 0.15) is 13.3 Å². The van der Waals surface area contributed by atoms with E-state index in [0.29, 0.717) is 99.1 Å². The second kappa shape index (κ2) is 31.3. The van der Waals surface area contributed by atoms with Gasteiger partial charge in [0.2, 0.25) is 0 Å². The van der Waals surface area contributed by atoms with Crippen molar-refractivity contribution in [2.24, 2.45) is 5.92 Å². The standard InChI is InChI=1S/C26H51FO10/c1-3-5-6-25(4-2)26(28)37-24-23-36-22-21-35-20-19-34-18-17-33-16-15-32-14-13-31-12-11-30-10-9-29-8-7-27/h25H,3-24H2,1-2H3. The fourth-order valence-corrected chi connectivity index (χ4v) is 2.95. The maximum atomic E-state index is 12.0. The average Bonchev–Trinajstić information content (AvgIpc) is 2.91. The third-order valence-electron chi connectivity index (χ3n) is 5.03. The van der Waals surface area contributed by atoms with E-state index in [1.807, 2.05) is 6.92 Å². The Morgan fingerprint density at radius 1 is 0.541 bits per heavy atom. The number of unbranched alkanes of at least 4 members (excludes halogenated alkanes) is 1. The highest BCUT2D eigenvalue weighted by atomic mass is 19.1. The van der Waals surface area contributed by atoms with Crippen molar-refractivity contribution in [1.29, 1.82) is 0 Å². The van der Waals surface area contributed by atoms with E-state index in [1.165, 1.54) is 0 Å². The quantitative estimate of drug-likeness (QED) is 0.0960. The van der Waals surface area contributed by atoms with Crippen LogP contribution in [0, 0.1) is 5.92 Å². The maximum Gasteiger partial charge on any atom is 0.308 e. The van der Waals surface area contributed by atoms with Gasteiger partial charge in [0.15, 0.2) is 0 Å². The van der Waals surface area contributed by atoms with Crippen molar-refractivity contribution in [2.75, 3.05) is 119 Å². The summed E-state index contributed by atoms with van der Waals surface area (Å²) in [7, 11) is 0.